The molecule has 0 spiro atoms. The normalized spacial score (nSPS) is 10.2. The van der Waals surface area contributed by atoms with Crippen molar-refractivity contribution in [2.45, 2.75) is 59.3 Å². The molecule has 0 bridgehead atoms. The number of allylic oxidation sites excluding steroid dienone is 1. The van der Waals surface area contributed by atoms with E-state index in [1.54, 1.807) is 0 Å². The van der Waals surface area contributed by atoms with Gasteiger partial charge in [-0.1, -0.05) is 40.2 Å². The highest BCUT2D eigenvalue weighted by Gasteiger charge is 2.04. The third-order valence-electron chi connectivity index (χ3n) is 2.50. The number of nitrogens with zero attached hydrogens (tertiary/aromatic N) is 1. The van der Waals surface area contributed by atoms with Crippen LogP contribution in [0.4, 0.5) is 0 Å². The molecule has 84 valence electrons. The highest BCUT2D eigenvalue weighted by atomic mass is 15.1. The van der Waals surface area contributed by atoms with Gasteiger partial charge in [0, 0.05) is 18.8 Å². The third kappa shape index (κ3) is 6.06. The molecule has 0 radical (unpaired) electrons. The van der Waals surface area contributed by atoms with E-state index >= 15 is 0 Å². The Balaban J connectivity index is 3.76. The minimum Gasteiger partial charge on any atom is -0.375 e. The van der Waals surface area contributed by atoms with E-state index in [4.69, 9.17) is 0 Å². The molecule has 0 rings (SSSR count). The molecule has 0 aromatic carbocycles. The van der Waals surface area contributed by atoms with Crippen molar-refractivity contribution in [3.05, 3.63) is 12.3 Å². The van der Waals surface area contributed by atoms with Crippen molar-refractivity contribution in [1.82, 2.24) is 4.90 Å². The first kappa shape index (κ1) is 13.5. The van der Waals surface area contributed by atoms with Gasteiger partial charge in [-0.05, 0) is 25.7 Å². The number of hydrogen-bond donors (Lipinski definition) is 0. The maximum absolute atomic E-state index is 4.19. The van der Waals surface area contributed by atoms with Crippen LogP contribution < -0.4 is 0 Å². The topological polar surface area (TPSA) is 3.24 Å². The first-order chi connectivity index (χ1) is 6.76. The Bertz CT molecular complexity index is 134. The molecular weight excluding hydrogens is 170 g/mol. The average molecular weight is 197 g/mol. The summed E-state index contributed by atoms with van der Waals surface area (Å²) in [6.45, 7) is 13.3. The zero-order chi connectivity index (χ0) is 10.8. The lowest BCUT2D eigenvalue weighted by Crippen LogP contribution is -2.24. The van der Waals surface area contributed by atoms with Crippen LogP contribution in [-0.4, -0.2) is 18.0 Å². The Kier molecular flexibility index (Phi) is 8.81. The van der Waals surface area contributed by atoms with Crippen LogP contribution in [0.5, 0.6) is 0 Å². The lowest BCUT2D eigenvalue weighted by molar-refractivity contribution is 0.331. The van der Waals surface area contributed by atoms with Crippen LogP contribution in [0, 0.1) is 0 Å². The Morgan fingerprint density at radius 1 is 0.929 bits per heavy atom. The third-order valence-corrected chi connectivity index (χ3v) is 2.50. The van der Waals surface area contributed by atoms with Crippen molar-refractivity contribution in [2.24, 2.45) is 0 Å². The smallest absolute Gasteiger partial charge is 0.0172 e. The van der Waals surface area contributed by atoms with Gasteiger partial charge < -0.3 is 4.90 Å². The standard InChI is InChI=1S/C13H27N/c1-5-8-9-10-13(4)14(11-6-2)12-7-3/h4-12H2,1-3H3. The summed E-state index contributed by atoms with van der Waals surface area (Å²) in [7, 11) is 0. The molecule has 0 atom stereocenters. The molecule has 0 heterocycles. The second-order valence-electron chi connectivity index (χ2n) is 4.01. The van der Waals surface area contributed by atoms with Crippen molar-refractivity contribution in [3.8, 4) is 0 Å². The van der Waals surface area contributed by atoms with Crippen LogP contribution in [0.3, 0.4) is 0 Å². The minimum atomic E-state index is 1.18. The van der Waals surface area contributed by atoms with E-state index in [2.05, 4.69) is 32.3 Å². The molecule has 0 aliphatic carbocycles. The van der Waals surface area contributed by atoms with E-state index in [0.29, 0.717) is 0 Å². The second kappa shape index (κ2) is 9.11. The molecule has 0 saturated heterocycles. The van der Waals surface area contributed by atoms with Crippen LogP contribution in [0.25, 0.3) is 0 Å². The van der Waals surface area contributed by atoms with Gasteiger partial charge in [0.25, 0.3) is 0 Å². The fourth-order valence-corrected chi connectivity index (χ4v) is 1.71. The van der Waals surface area contributed by atoms with E-state index in [-0.39, 0.29) is 0 Å². The molecule has 0 amide bonds. The van der Waals surface area contributed by atoms with Gasteiger partial charge in [-0.15, -0.1) is 0 Å². The molecule has 0 unspecified atom stereocenters. The van der Waals surface area contributed by atoms with E-state index < -0.39 is 0 Å². The maximum Gasteiger partial charge on any atom is 0.0172 e. The summed E-state index contributed by atoms with van der Waals surface area (Å²) in [6, 6.07) is 0. The molecule has 0 aromatic heterocycles. The molecule has 0 aliphatic rings. The van der Waals surface area contributed by atoms with E-state index in [1.807, 2.05) is 0 Å². The molecule has 0 saturated carbocycles. The zero-order valence-corrected chi connectivity index (χ0v) is 10.3. The van der Waals surface area contributed by atoms with Gasteiger partial charge in [0.1, 0.15) is 0 Å². The Labute approximate surface area is 90.2 Å². The number of hydrogen-bond acceptors (Lipinski definition) is 1. The highest BCUT2D eigenvalue weighted by Crippen LogP contribution is 2.12. The minimum absolute atomic E-state index is 1.18. The monoisotopic (exact) mass is 197 g/mol. The van der Waals surface area contributed by atoms with E-state index in [0.717, 1.165) is 0 Å². The van der Waals surface area contributed by atoms with Gasteiger partial charge in [0.15, 0.2) is 0 Å². The van der Waals surface area contributed by atoms with Gasteiger partial charge >= 0.3 is 0 Å². The molecule has 0 aromatic rings. The van der Waals surface area contributed by atoms with E-state index in [9.17, 15) is 0 Å². The van der Waals surface area contributed by atoms with Crippen LogP contribution in [-0.2, 0) is 0 Å². The van der Waals surface area contributed by atoms with Gasteiger partial charge in [-0.2, -0.15) is 0 Å². The Morgan fingerprint density at radius 2 is 1.50 bits per heavy atom. The average Bonchev–Trinajstić information content (AvgIpc) is 2.18. The quantitative estimate of drug-likeness (QED) is 0.501. The van der Waals surface area contributed by atoms with Crippen LogP contribution in [0.2, 0.25) is 0 Å². The fourth-order valence-electron chi connectivity index (χ4n) is 1.71. The molecule has 0 fully saturated rings. The summed E-state index contributed by atoms with van der Waals surface area (Å²) in [5.41, 5.74) is 1.35. The van der Waals surface area contributed by atoms with Gasteiger partial charge in [-0.3, -0.25) is 0 Å². The van der Waals surface area contributed by atoms with Crippen molar-refractivity contribution < 1.29 is 0 Å². The van der Waals surface area contributed by atoms with E-state index in [1.165, 1.54) is 57.3 Å². The Hall–Kier alpha value is -0.460. The maximum atomic E-state index is 4.19. The summed E-state index contributed by atoms with van der Waals surface area (Å²) >= 11 is 0. The largest absolute Gasteiger partial charge is 0.375 e. The predicted octanol–water partition coefficient (Wildman–Crippen LogP) is 4.20. The first-order valence-corrected chi connectivity index (χ1v) is 6.18. The van der Waals surface area contributed by atoms with Crippen LogP contribution >= 0.6 is 0 Å². The fraction of sp³-hybridized carbons (Fsp3) is 0.846. The molecule has 1 nitrogen and oxygen atoms in total. The van der Waals surface area contributed by atoms with Crippen molar-refractivity contribution in [3.63, 3.8) is 0 Å². The molecule has 1 heteroatoms. The first-order valence-electron chi connectivity index (χ1n) is 6.18. The van der Waals surface area contributed by atoms with Gasteiger partial charge in [-0.25, -0.2) is 0 Å². The predicted molar refractivity (Wildman–Crippen MR) is 65.4 cm³/mol. The van der Waals surface area contributed by atoms with Crippen molar-refractivity contribution >= 4 is 0 Å². The van der Waals surface area contributed by atoms with Gasteiger partial charge in [0.2, 0.25) is 0 Å². The molecule has 14 heavy (non-hydrogen) atoms. The summed E-state index contributed by atoms with van der Waals surface area (Å²) in [5.74, 6) is 0. The van der Waals surface area contributed by atoms with Crippen molar-refractivity contribution in [2.75, 3.05) is 13.1 Å². The lowest BCUT2D eigenvalue weighted by Gasteiger charge is -2.25. The lowest BCUT2D eigenvalue weighted by atomic mass is 10.1. The van der Waals surface area contributed by atoms with Gasteiger partial charge in [0.05, 0.1) is 0 Å². The number of rotatable bonds is 9. The van der Waals surface area contributed by atoms with Crippen LogP contribution in [0.15, 0.2) is 12.3 Å². The molecule has 0 aliphatic heterocycles. The number of unbranched alkanes of at least 4 members (excludes halogenated alkanes) is 2. The summed E-state index contributed by atoms with van der Waals surface area (Å²) in [4.78, 5) is 2.45. The molecule has 0 N–H and O–H groups in total. The summed E-state index contributed by atoms with van der Waals surface area (Å²) in [5, 5.41) is 0. The van der Waals surface area contributed by atoms with Crippen LogP contribution in [0.1, 0.15) is 59.3 Å². The summed E-state index contributed by atoms with van der Waals surface area (Å²) in [6.07, 6.45) is 7.59. The second-order valence-corrected chi connectivity index (χ2v) is 4.01. The SMILES string of the molecule is C=C(CCCCC)N(CCC)CCC. The highest BCUT2D eigenvalue weighted by molar-refractivity contribution is 4.93. The van der Waals surface area contributed by atoms with Crippen molar-refractivity contribution in [1.29, 1.82) is 0 Å². The zero-order valence-electron chi connectivity index (χ0n) is 10.3. The molecular formula is C13H27N. The Morgan fingerprint density at radius 3 is 1.93 bits per heavy atom. The summed E-state index contributed by atoms with van der Waals surface area (Å²) < 4.78 is 0.